The van der Waals surface area contributed by atoms with Crippen LogP contribution < -0.4 is 5.32 Å². The molecule has 4 aromatic heterocycles. The highest BCUT2D eigenvalue weighted by Crippen LogP contribution is 2.26. The second-order valence-corrected chi connectivity index (χ2v) is 6.57. The number of aryl methyl sites for hydroxylation is 1. The van der Waals surface area contributed by atoms with E-state index in [1.165, 1.54) is 0 Å². The zero-order valence-electron chi connectivity index (χ0n) is 15.3. The van der Waals surface area contributed by atoms with Gasteiger partial charge in [0.25, 0.3) is 5.91 Å². The van der Waals surface area contributed by atoms with Crippen molar-refractivity contribution in [1.82, 2.24) is 25.2 Å². The molecule has 0 atom stereocenters. The van der Waals surface area contributed by atoms with Crippen molar-refractivity contribution in [3.8, 4) is 11.5 Å². The first-order chi connectivity index (χ1) is 13.0. The fourth-order valence-electron chi connectivity index (χ4n) is 2.90. The summed E-state index contributed by atoms with van der Waals surface area (Å²) in [5.74, 6) is 0.941. The summed E-state index contributed by atoms with van der Waals surface area (Å²) in [5, 5.41) is 11.8. The lowest BCUT2D eigenvalue weighted by atomic mass is 10.1. The lowest BCUT2D eigenvalue weighted by Crippen LogP contribution is -2.23. The van der Waals surface area contributed by atoms with Gasteiger partial charge in [0.2, 0.25) is 0 Å². The molecule has 1 N–H and O–H groups in total. The molecule has 0 bridgehead atoms. The van der Waals surface area contributed by atoms with E-state index < -0.39 is 0 Å². The Morgan fingerprint density at radius 3 is 2.85 bits per heavy atom. The lowest BCUT2D eigenvalue weighted by molar-refractivity contribution is 0.0948. The molecule has 4 heterocycles. The van der Waals surface area contributed by atoms with Crippen molar-refractivity contribution < 1.29 is 13.7 Å². The number of amides is 1. The molecule has 0 fully saturated rings. The van der Waals surface area contributed by atoms with Gasteiger partial charge in [0.05, 0.1) is 35.6 Å². The normalized spacial score (nSPS) is 11.4. The van der Waals surface area contributed by atoms with Crippen LogP contribution in [0.5, 0.6) is 0 Å². The van der Waals surface area contributed by atoms with E-state index in [4.69, 9.17) is 8.94 Å². The number of rotatable bonds is 5. The molecule has 1 amide bonds. The molecule has 4 aromatic rings. The predicted octanol–water partition coefficient (Wildman–Crippen LogP) is 3.50. The monoisotopic (exact) mass is 365 g/mol. The summed E-state index contributed by atoms with van der Waals surface area (Å²) in [4.78, 5) is 17.5. The average Bonchev–Trinajstić information content (AvgIpc) is 3.38. The second-order valence-electron chi connectivity index (χ2n) is 6.57. The smallest absolute Gasteiger partial charge is 0.252 e. The fraction of sp³-hybridized carbons (Fsp3) is 0.263. The fourth-order valence-corrected chi connectivity index (χ4v) is 2.90. The summed E-state index contributed by atoms with van der Waals surface area (Å²) >= 11 is 0. The van der Waals surface area contributed by atoms with Gasteiger partial charge < -0.3 is 14.3 Å². The Labute approximate surface area is 155 Å². The third kappa shape index (κ3) is 3.21. The summed E-state index contributed by atoms with van der Waals surface area (Å²) in [7, 11) is 0. The summed E-state index contributed by atoms with van der Waals surface area (Å²) in [6, 6.07) is 7.20. The number of carbonyl (C=O) groups excluding carboxylic acids is 1. The van der Waals surface area contributed by atoms with Gasteiger partial charge in [0.15, 0.2) is 17.2 Å². The minimum Gasteiger partial charge on any atom is -0.463 e. The molecule has 4 rings (SSSR count). The van der Waals surface area contributed by atoms with Crippen molar-refractivity contribution in [2.75, 3.05) is 0 Å². The predicted molar refractivity (Wildman–Crippen MR) is 98.0 cm³/mol. The van der Waals surface area contributed by atoms with Crippen LogP contribution >= 0.6 is 0 Å². The minimum absolute atomic E-state index is 0.106. The van der Waals surface area contributed by atoms with Gasteiger partial charge in [-0.05, 0) is 39.0 Å². The number of furan rings is 1. The van der Waals surface area contributed by atoms with Crippen molar-refractivity contribution in [2.45, 2.75) is 33.4 Å². The van der Waals surface area contributed by atoms with Crippen LogP contribution in [0.2, 0.25) is 0 Å². The molecular weight excluding hydrogens is 346 g/mol. The third-order valence-corrected chi connectivity index (χ3v) is 4.17. The van der Waals surface area contributed by atoms with Crippen molar-refractivity contribution >= 4 is 16.9 Å². The summed E-state index contributed by atoms with van der Waals surface area (Å²) in [6.07, 6.45) is 3.24. The molecule has 138 valence electrons. The first-order valence-electron chi connectivity index (χ1n) is 8.65. The lowest BCUT2D eigenvalue weighted by Gasteiger charge is -2.09. The molecule has 0 saturated heterocycles. The van der Waals surface area contributed by atoms with E-state index in [9.17, 15) is 4.79 Å². The van der Waals surface area contributed by atoms with Crippen LogP contribution in [0.15, 0.2) is 45.7 Å². The van der Waals surface area contributed by atoms with Crippen LogP contribution in [-0.4, -0.2) is 25.8 Å². The molecule has 0 aromatic carbocycles. The van der Waals surface area contributed by atoms with E-state index >= 15 is 0 Å². The molecule has 0 saturated carbocycles. The minimum atomic E-state index is -0.243. The van der Waals surface area contributed by atoms with Crippen LogP contribution in [-0.2, 0) is 6.54 Å². The highest BCUT2D eigenvalue weighted by atomic mass is 16.5. The Morgan fingerprint density at radius 2 is 2.19 bits per heavy atom. The number of fused-ring (bicyclic) bond motifs is 1. The van der Waals surface area contributed by atoms with Crippen LogP contribution in [0.1, 0.15) is 41.7 Å². The first kappa shape index (κ1) is 17.0. The number of nitrogens with zero attached hydrogens (tertiary/aromatic N) is 4. The molecule has 8 nitrogen and oxygen atoms in total. The van der Waals surface area contributed by atoms with Crippen LogP contribution in [0.3, 0.4) is 0 Å². The Morgan fingerprint density at radius 1 is 1.33 bits per heavy atom. The van der Waals surface area contributed by atoms with E-state index in [0.29, 0.717) is 33.8 Å². The van der Waals surface area contributed by atoms with E-state index in [-0.39, 0.29) is 18.5 Å². The molecule has 0 aliphatic carbocycles. The Kier molecular flexibility index (Phi) is 4.23. The summed E-state index contributed by atoms with van der Waals surface area (Å²) in [5.41, 5.74) is 2.47. The Balaban J connectivity index is 1.74. The summed E-state index contributed by atoms with van der Waals surface area (Å²) in [6.45, 7) is 6.11. The van der Waals surface area contributed by atoms with Gasteiger partial charge >= 0.3 is 0 Å². The molecule has 0 aliphatic rings. The van der Waals surface area contributed by atoms with Gasteiger partial charge in [0.1, 0.15) is 5.69 Å². The van der Waals surface area contributed by atoms with Gasteiger partial charge in [0, 0.05) is 12.1 Å². The van der Waals surface area contributed by atoms with Crippen molar-refractivity contribution in [3.63, 3.8) is 0 Å². The molecule has 0 unspecified atom stereocenters. The summed E-state index contributed by atoms with van der Waals surface area (Å²) < 4.78 is 12.4. The van der Waals surface area contributed by atoms with E-state index in [1.54, 1.807) is 35.3 Å². The van der Waals surface area contributed by atoms with E-state index in [0.717, 1.165) is 5.69 Å². The number of hydrogen-bond donors (Lipinski definition) is 1. The zero-order valence-corrected chi connectivity index (χ0v) is 15.3. The van der Waals surface area contributed by atoms with Gasteiger partial charge in [-0.25, -0.2) is 9.67 Å². The molecule has 8 heteroatoms. The van der Waals surface area contributed by atoms with Gasteiger partial charge in [-0.1, -0.05) is 5.16 Å². The largest absolute Gasteiger partial charge is 0.463 e. The molecule has 27 heavy (non-hydrogen) atoms. The number of hydrogen-bond acceptors (Lipinski definition) is 6. The van der Waals surface area contributed by atoms with Crippen molar-refractivity contribution in [3.05, 3.63) is 53.7 Å². The highest BCUT2D eigenvalue weighted by Gasteiger charge is 2.19. The zero-order chi connectivity index (χ0) is 19.0. The number of carbonyl (C=O) groups is 1. The molecule has 0 aliphatic heterocycles. The Hall–Kier alpha value is -3.42. The van der Waals surface area contributed by atoms with Gasteiger partial charge in [-0.2, -0.15) is 5.10 Å². The maximum atomic E-state index is 12.9. The molecule has 0 radical (unpaired) electrons. The third-order valence-electron chi connectivity index (χ3n) is 4.17. The average molecular weight is 365 g/mol. The maximum Gasteiger partial charge on any atom is 0.252 e. The first-order valence-corrected chi connectivity index (χ1v) is 8.65. The standard InChI is InChI=1S/C19H19N5O3/c1-11(2)24-18-15(10-21-24)14(8-16(22-18)17-5-4-6-26-17)19(25)20-9-13-7-12(3)23-27-13/h4-8,10-11H,9H2,1-3H3,(H,20,25). The van der Waals surface area contributed by atoms with Crippen LogP contribution in [0.4, 0.5) is 0 Å². The number of nitrogens with one attached hydrogen (secondary N) is 1. The quantitative estimate of drug-likeness (QED) is 0.581. The van der Waals surface area contributed by atoms with Crippen molar-refractivity contribution in [2.24, 2.45) is 0 Å². The SMILES string of the molecule is Cc1cc(CNC(=O)c2cc(-c3ccco3)nc3c2cnn3C(C)C)on1. The Bertz CT molecular complexity index is 1090. The van der Waals surface area contributed by atoms with Crippen LogP contribution in [0.25, 0.3) is 22.5 Å². The number of aromatic nitrogens is 4. The second kappa shape index (κ2) is 6.71. The maximum absolute atomic E-state index is 12.9. The number of pyridine rings is 1. The van der Waals surface area contributed by atoms with Gasteiger partial charge in [-0.3, -0.25) is 4.79 Å². The van der Waals surface area contributed by atoms with E-state index in [1.807, 2.05) is 26.8 Å². The van der Waals surface area contributed by atoms with Gasteiger partial charge in [-0.15, -0.1) is 0 Å². The van der Waals surface area contributed by atoms with Crippen molar-refractivity contribution in [1.29, 1.82) is 0 Å². The molecule has 0 spiro atoms. The van der Waals surface area contributed by atoms with Crippen LogP contribution in [0, 0.1) is 6.92 Å². The topological polar surface area (TPSA) is 99.0 Å². The molecular formula is C19H19N5O3. The van der Waals surface area contributed by atoms with E-state index in [2.05, 4.69) is 20.6 Å². The highest BCUT2D eigenvalue weighted by molar-refractivity contribution is 6.06.